The predicted molar refractivity (Wildman–Crippen MR) is 82.1 cm³/mol. The summed E-state index contributed by atoms with van der Waals surface area (Å²) in [6.07, 6.45) is 0.723. The van der Waals surface area contributed by atoms with E-state index in [2.05, 4.69) is 6.58 Å². The van der Waals surface area contributed by atoms with Crippen molar-refractivity contribution >= 4 is 17.3 Å². The van der Waals surface area contributed by atoms with Crippen LogP contribution in [0, 0.1) is 17.8 Å². The molecule has 2 rings (SSSR count). The van der Waals surface area contributed by atoms with Crippen molar-refractivity contribution in [2.24, 2.45) is 17.8 Å². The van der Waals surface area contributed by atoms with Gasteiger partial charge in [-0.3, -0.25) is 14.4 Å². The largest absolute Gasteiger partial charge is 0.392 e. The molecule has 2 aliphatic carbocycles. The molecule has 0 radical (unpaired) electrons. The summed E-state index contributed by atoms with van der Waals surface area (Å²) >= 11 is 0. The monoisotopic (exact) mass is 310 g/mol. The summed E-state index contributed by atoms with van der Waals surface area (Å²) in [6.45, 7) is 8.76. The highest BCUT2D eigenvalue weighted by Gasteiger charge is 2.36. The van der Waals surface area contributed by atoms with Crippen molar-refractivity contribution in [1.82, 2.24) is 0 Å². The van der Waals surface area contributed by atoms with Gasteiger partial charge in [-0.15, -0.1) is 0 Å². The molecule has 0 amide bonds. The number of carbonyl (C=O) groups is 3. The van der Waals surface area contributed by atoms with Gasteiger partial charge in [0, 0.05) is 18.8 Å². The fraction of sp³-hybridized carbons (Fsp3) is 0.706. The molecule has 2 saturated carbocycles. The zero-order chi connectivity index (χ0) is 17.0. The third-order valence-electron chi connectivity index (χ3n) is 4.62. The summed E-state index contributed by atoms with van der Waals surface area (Å²) in [7, 11) is 0. The van der Waals surface area contributed by atoms with Gasteiger partial charge in [-0.05, 0) is 39.5 Å². The minimum absolute atomic E-state index is 0.00676. The van der Waals surface area contributed by atoms with Crippen LogP contribution >= 0.6 is 0 Å². The van der Waals surface area contributed by atoms with Crippen molar-refractivity contribution in [3.05, 3.63) is 12.2 Å². The van der Waals surface area contributed by atoms with Crippen LogP contribution in [0.25, 0.3) is 0 Å². The number of carbonyl (C=O) groups excluding carboxylic acids is 3. The van der Waals surface area contributed by atoms with E-state index in [0.29, 0.717) is 12.3 Å². The van der Waals surface area contributed by atoms with E-state index in [1.165, 1.54) is 6.92 Å². The fourth-order valence-electron chi connectivity index (χ4n) is 3.11. The second kappa shape index (κ2) is 7.79. The molecule has 0 spiro atoms. The van der Waals surface area contributed by atoms with Crippen LogP contribution in [0.4, 0.5) is 0 Å². The van der Waals surface area contributed by atoms with E-state index in [0.717, 1.165) is 12.0 Å². The first-order chi connectivity index (χ1) is 10.1. The zero-order valence-electron chi connectivity index (χ0n) is 13.5. The Labute approximate surface area is 131 Å². The van der Waals surface area contributed by atoms with Crippen LogP contribution in [0.3, 0.4) is 0 Å². The summed E-state index contributed by atoms with van der Waals surface area (Å²) in [5.41, 5.74) is 1.08. The summed E-state index contributed by atoms with van der Waals surface area (Å²) in [4.78, 5) is 32.4. The van der Waals surface area contributed by atoms with Crippen molar-refractivity contribution in [1.29, 1.82) is 0 Å². The minimum atomic E-state index is -0.718. The van der Waals surface area contributed by atoms with Gasteiger partial charge in [0.25, 0.3) is 0 Å². The molecule has 0 unspecified atom stereocenters. The third kappa shape index (κ3) is 4.85. The highest BCUT2D eigenvalue weighted by Crippen LogP contribution is 2.35. The predicted octanol–water partition coefficient (Wildman–Crippen LogP) is 1.45. The molecule has 124 valence electrons. The molecule has 5 heteroatoms. The number of allylic oxidation sites excluding steroid dienone is 1. The standard InChI is InChI=1S/C10H16O2.C7H10O3/c1-6(2)8-4-9(7(3)11)10(12)5-8;1-4(8)6-2-5(9)3-7(6)10/h8-10,12H,1,4-5H2,2-3H3;6-7,10H,2-3H2,1H3/t8-,9+,10-;6-,7+/m10/s1. The Morgan fingerprint density at radius 2 is 1.50 bits per heavy atom. The Balaban J connectivity index is 0.000000224. The maximum atomic E-state index is 11.0. The molecule has 2 N–H and O–H groups in total. The van der Waals surface area contributed by atoms with Gasteiger partial charge < -0.3 is 10.2 Å². The lowest BCUT2D eigenvalue weighted by atomic mass is 9.97. The van der Waals surface area contributed by atoms with E-state index >= 15 is 0 Å². The smallest absolute Gasteiger partial charge is 0.136 e. The Bertz CT molecular complexity index is 468. The molecule has 2 aliphatic rings. The van der Waals surface area contributed by atoms with Crippen LogP contribution in [0.2, 0.25) is 0 Å². The molecule has 5 nitrogen and oxygen atoms in total. The van der Waals surface area contributed by atoms with E-state index in [9.17, 15) is 19.5 Å². The highest BCUT2D eigenvalue weighted by atomic mass is 16.3. The molecular weight excluding hydrogens is 284 g/mol. The van der Waals surface area contributed by atoms with E-state index in [4.69, 9.17) is 5.11 Å². The van der Waals surface area contributed by atoms with Gasteiger partial charge in [-0.1, -0.05) is 12.2 Å². The van der Waals surface area contributed by atoms with Crippen LogP contribution in [0.5, 0.6) is 0 Å². The van der Waals surface area contributed by atoms with Gasteiger partial charge in [0.05, 0.1) is 18.1 Å². The van der Waals surface area contributed by atoms with Gasteiger partial charge in [0.1, 0.15) is 17.3 Å². The van der Waals surface area contributed by atoms with Gasteiger partial charge in [0.2, 0.25) is 0 Å². The second-order valence-electron chi connectivity index (χ2n) is 6.53. The maximum Gasteiger partial charge on any atom is 0.136 e. The number of Topliss-reactive ketones (excluding diaryl/α,β-unsaturated/α-hetero) is 3. The first-order valence-electron chi connectivity index (χ1n) is 7.67. The molecule has 0 aliphatic heterocycles. The Morgan fingerprint density at radius 3 is 1.73 bits per heavy atom. The highest BCUT2D eigenvalue weighted by molar-refractivity contribution is 5.91. The first-order valence-corrected chi connectivity index (χ1v) is 7.67. The molecule has 0 aromatic heterocycles. The lowest BCUT2D eigenvalue weighted by Gasteiger charge is -2.08. The average Bonchev–Trinajstić information content (AvgIpc) is 2.93. The summed E-state index contributed by atoms with van der Waals surface area (Å²) in [5, 5.41) is 18.6. The van der Waals surface area contributed by atoms with Crippen molar-refractivity contribution in [2.45, 2.75) is 58.7 Å². The quantitative estimate of drug-likeness (QED) is 0.770. The van der Waals surface area contributed by atoms with Crippen LogP contribution in [0.1, 0.15) is 46.5 Å². The van der Waals surface area contributed by atoms with Crippen LogP contribution in [-0.4, -0.2) is 39.8 Å². The zero-order valence-corrected chi connectivity index (χ0v) is 13.5. The van der Waals surface area contributed by atoms with Crippen molar-refractivity contribution in [2.75, 3.05) is 0 Å². The number of aliphatic hydroxyl groups excluding tert-OH is 2. The lowest BCUT2D eigenvalue weighted by Crippen LogP contribution is -2.19. The van der Waals surface area contributed by atoms with Gasteiger partial charge in [0.15, 0.2) is 0 Å². The summed E-state index contributed by atoms with van der Waals surface area (Å²) in [6, 6.07) is 0. The van der Waals surface area contributed by atoms with Crippen molar-refractivity contribution in [3.63, 3.8) is 0 Å². The Hall–Kier alpha value is -1.33. The average molecular weight is 310 g/mol. The molecule has 0 bridgehead atoms. The van der Waals surface area contributed by atoms with Crippen molar-refractivity contribution < 1.29 is 24.6 Å². The number of aliphatic hydroxyl groups is 2. The third-order valence-corrected chi connectivity index (χ3v) is 4.62. The molecular formula is C17H26O5. The first kappa shape index (κ1) is 18.7. The van der Waals surface area contributed by atoms with Gasteiger partial charge in [-0.25, -0.2) is 0 Å². The topological polar surface area (TPSA) is 91.7 Å². The number of hydrogen-bond acceptors (Lipinski definition) is 5. The Kier molecular flexibility index (Phi) is 6.63. The number of hydrogen-bond donors (Lipinski definition) is 2. The molecule has 22 heavy (non-hydrogen) atoms. The van der Waals surface area contributed by atoms with Crippen LogP contribution < -0.4 is 0 Å². The van der Waals surface area contributed by atoms with Crippen molar-refractivity contribution in [3.8, 4) is 0 Å². The van der Waals surface area contributed by atoms with E-state index in [1.54, 1.807) is 6.92 Å². The maximum absolute atomic E-state index is 11.0. The van der Waals surface area contributed by atoms with E-state index in [1.807, 2.05) is 6.92 Å². The number of rotatable bonds is 3. The van der Waals surface area contributed by atoms with Crippen LogP contribution in [-0.2, 0) is 14.4 Å². The second-order valence-corrected chi connectivity index (χ2v) is 6.53. The minimum Gasteiger partial charge on any atom is -0.392 e. The van der Waals surface area contributed by atoms with Gasteiger partial charge >= 0.3 is 0 Å². The summed E-state index contributed by atoms with van der Waals surface area (Å²) in [5.74, 6) is -0.217. The molecule has 0 aromatic carbocycles. The SMILES string of the molecule is C=C(C)[C@H]1C[C@@H](O)[C@H](C(C)=O)C1.CC(=O)[C@@H]1CC(=O)C[C@H]1O. The molecule has 0 saturated heterocycles. The Morgan fingerprint density at radius 1 is 0.955 bits per heavy atom. The normalized spacial score (nSPS) is 34.0. The molecule has 0 heterocycles. The lowest BCUT2D eigenvalue weighted by molar-refractivity contribution is -0.124. The molecule has 2 fully saturated rings. The molecule has 5 atom stereocenters. The number of ketones is 3. The summed E-state index contributed by atoms with van der Waals surface area (Å²) < 4.78 is 0. The fourth-order valence-corrected chi connectivity index (χ4v) is 3.11. The molecule has 0 aromatic rings. The van der Waals surface area contributed by atoms with E-state index in [-0.39, 0.29) is 36.1 Å². The van der Waals surface area contributed by atoms with Gasteiger partial charge in [-0.2, -0.15) is 0 Å². The van der Waals surface area contributed by atoms with Crippen LogP contribution in [0.15, 0.2) is 12.2 Å². The van der Waals surface area contributed by atoms with E-state index < -0.39 is 18.1 Å².